The zero-order valence-corrected chi connectivity index (χ0v) is 12.2. The van der Waals surface area contributed by atoms with Gasteiger partial charge < -0.3 is 14.5 Å². The van der Waals surface area contributed by atoms with Gasteiger partial charge in [-0.1, -0.05) is 12.1 Å². The van der Waals surface area contributed by atoms with E-state index in [2.05, 4.69) is 15.5 Å². The Kier molecular flexibility index (Phi) is 5.51. The van der Waals surface area contributed by atoms with Crippen molar-refractivity contribution in [2.45, 2.75) is 23.6 Å². The standard InChI is InChI=1S/C13H16FN3O2S/c1-9-16-17-13(19-9)20-12-10(4-3-5-11(12)14)8-15-6-7-18-2/h3-5,15H,6-8H2,1-2H3. The molecule has 108 valence electrons. The van der Waals surface area contributed by atoms with Crippen molar-refractivity contribution >= 4 is 11.8 Å². The van der Waals surface area contributed by atoms with Gasteiger partial charge in [0.05, 0.1) is 11.5 Å². The molecule has 1 aromatic heterocycles. The van der Waals surface area contributed by atoms with E-state index in [0.29, 0.717) is 35.7 Å². The zero-order chi connectivity index (χ0) is 14.4. The minimum absolute atomic E-state index is 0.295. The predicted octanol–water partition coefficient (Wildman–Crippen LogP) is 2.40. The van der Waals surface area contributed by atoms with Crippen LogP contribution < -0.4 is 5.32 Å². The van der Waals surface area contributed by atoms with Gasteiger partial charge in [-0.3, -0.25) is 0 Å². The molecule has 0 radical (unpaired) electrons. The summed E-state index contributed by atoms with van der Waals surface area (Å²) >= 11 is 1.14. The summed E-state index contributed by atoms with van der Waals surface area (Å²) < 4.78 is 24.2. The molecule has 0 aliphatic carbocycles. The summed E-state index contributed by atoms with van der Waals surface area (Å²) in [4.78, 5) is 0.501. The van der Waals surface area contributed by atoms with Crippen molar-refractivity contribution in [2.75, 3.05) is 20.3 Å². The van der Waals surface area contributed by atoms with Crippen LogP contribution in [0.5, 0.6) is 0 Å². The van der Waals surface area contributed by atoms with E-state index in [-0.39, 0.29) is 5.82 Å². The van der Waals surface area contributed by atoms with Gasteiger partial charge in [-0.05, 0) is 23.4 Å². The lowest BCUT2D eigenvalue weighted by Crippen LogP contribution is -2.19. The van der Waals surface area contributed by atoms with Crippen LogP contribution in [0.4, 0.5) is 4.39 Å². The Balaban J connectivity index is 2.09. The highest BCUT2D eigenvalue weighted by molar-refractivity contribution is 7.99. The van der Waals surface area contributed by atoms with Gasteiger partial charge in [-0.2, -0.15) is 0 Å². The molecule has 5 nitrogen and oxygen atoms in total. The quantitative estimate of drug-likeness (QED) is 0.792. The molecule has 1 N–H and O–H groups in total. The molecule has 0 spiro atoms. The minimum atomic E-state index is -0.295. The largest absolute Gasteiger partial charge is 0.416 e. The molecule has 20 heavy (non-hydrogen) atoms. The first-order valence-corrected chi connectivity index (χ1v) is 6.97. The average Bonchev–Trinajstić information content (AvgIpc) is 2.84. The van der Waals surface area contributed by atoms with Crippen LogP contribution in [0.1, 0.15) is 11.5 Å². The second-order valence-corrected chi connectivity index (χ2v) is 5.05. The third kappa shape index (κ3) is 4.03. The van der Waals surface area contributed by atoms with Crippen LogP contribution in [0.25, 0.3) is 0 Å². The van der Waals surface area contributed by atoms with Crippen LogP contribution in [0, 0.1) is 12.7 Å². The number of halogens is 1. The Hall–Kier alpha value is -1.44. The average molecular weight is 297 g/mol. The van der Waals surface area contributed by atoms with Crippen molar-refractivity contribution < 1.29 is 13.5 Å². The number of hydrogen-bond acceptors (Lipinski definition) is 6. The number of aromatic nitrogens is 2. The van der Waals surface area contributed by atoms with Crippen molar-refractivity contribution in [2.24, 2.45) is 0 Å². The van der Waals surface area contributed by atoms with Crippen molar-refractivity contribution in [3.63, 3.8) is 0 Å². The smallest absolute Gasteiger partial charge is 0.281 e. The number of ether oxygens (including phenoxy) is 1. The first kappa shape index (κ1) is 15.0. The van der Waals surface area contributed by atoms with E-state index in [0.717, 1.165) is 17.3 Å². The highest BCUT2D eigenvalue weighted by Gasteiger charge is 2.13. The Morgan fingerprint density at radius 3 is 2.95 bits per heavy atom. The molecule has 1 heterocycles. The fourth-order valence-corrected chi connectivity index (χ4v) is 2.47. The summed E-state index contributed by atoms with van der Waals surface area (Å²) in [5, 5.41) is 11.1. The van der Waals surface area contributed by atoms with E-state index in [4.69, 9.17) is 9.15 Å². The number of hydrogen-bond donors (Lipinski definition) is 1. The van der Waals surface area contributed by atoms with Gasteiger partial charge in [0.25, 0.3) is 5.22 Å². The van der Waals surface area contributed by atoms with E-state index in [1.165, 1.54) is 6.07 Å². The van der Waals surface area contributed by atoms with Crippen molar-refractivity contribution in [3.05, 3.63) is 35.5 Å². The van der Waals surface area contributed by atoms with Gasteiger partial charge >= 0.3 is 0 Å². The molecular weight excluding hydrogens is 281 g/mol. The molecule has 0 saturated carbocycles. The number of nitrogens with zero attached hydrogens (tertiary/aromatic N) is 2. The van der Waals surface area contributed by atoms with E-state index < -0.39 is 0 Å². The highest BCUT2D eigenvalue weighted by atomic mass is 32.2. The Labute approximate surface area is 120 Å². The predicted molar refractivity (Wildman–Crippen MR) is 73.1 cm³/mol. The van der Waals surface area contributed by atoms with Gasteiger partial charge in [0.2, 0.25) is 5.89 Å². The summed E-state index contributed by atoms with van der Waals surface area (Å²) in [6.07, 6.45) is 0. The van der Waals surface area contributed by atoms with E-state index in [9.17, 15) is 4.39 Å². The fourth-order valence-electron chi connectivity index (χ4n) is 1.61. The maximum Gasteiger partial charge on any atom is 0.281 e. The normalized spacial score (nSPS) is 10.9. The lowest BCUT2D eigenvalue weighted by molar-refractivity contribution is 0.199. The third-order valence-corrected chi connectivity index (χ3v) is 3.54. The second kappa shape index (κ2) is 7.37. The van der Waals surface area contributed by atoms with E-state index in [1.54, 1.807) is 20.1 Å². The Morgan fingerprint density at radius 2 is 2.25 bits per heavy atom. The van der Waals surface area contributed by atoms with E-state index in [1.807, 2.05) is 6.07 Å². The summed E-state index contributed by atoms with van der Waals surface area (Å²) in [7, 11) is 1.64. The van der Waals surface area contributed by atoms with Crippen LogP contribution in [-0.2, 0) is 11.3 Å². The summed E-state index contributed by atoms with van der Waals surface area (Å²) in [6, 6.07) is 4.98. The van der Waals surface area contributed by atoms with Gasteiger partial charge in [0.1, 0.15) is 5.82 Å². The molecule has 0 aliphatic heterocycles. The molecule has 0 aliphatic rings. The fraction of sp³-hybridized carbons (Fsp3) is 0.385. The minimum Gasteiger partial charge on any atom is -0.416 e. The maximum absolute atomic E-state index is 14.0. The molecule has 2 rings (SSSR count). The molecule has 2 aromatic rings. The Bertz CT molecular complexity index is 562. The summed E-state index contributed by atoms with van der Waals surface area (Å²) in [6.45, 7) is 3.57. The van der Waals surface area contributed by atoms with E-state index >= 15 is 0 Å². The molecule has 0 bridgehead atoms. The zero-order valence-electron chi connectivity index (χ0n) is 11.4. The van der Waals surface area contributed by atoms with Crippen molar-refractivity contribution in [3.8, 4) is 0 Å². The second-order valence-electron chi connectivity index (χ2n) is 4.09. The van der Waals surface area contributed by atoms with Crippen LogP contribution in [0.2, 0.25) is 0 Å². The third-order valence-electron chi connectivity index (χ3n) is 2.54. The molecule has 0 amide bonds. The molecular formula is C13H16FN3O2S. The van der Waals surface area contributed by atoms with Gasteiger partial charge in [-0.25, -0.2) is 4.39 Å². The van der Waals surface area contributed by atoms with Crippen LogP contribution in [0.3, 0.4) is 0 Å². The number of aryl methyl sites for hydroxylation is 1. The van der Waals surface area contributed by atoms with Crippen molar-refractivity contribution in [1.29, 1.82) is 0 Å². The Morgan fingerprint density at radius 1 is 1.40 bits per heavy atom. The lowest BCUT2D eigenvalue weighted by Gasteiger charge is -2.09. The van der Waals surface area contributed by atoms with Gasteiger partial charge in [0, 0.05) is 27.1 Å². The molecule has 0 unspecified atom stereocenters. The first-order valence-electron chi connectivity index (χ1n) is 6.15. The first-order chi connectivity index (χ1) is 9.70. The SMILES string of the molecule is COCCNCc1cccc(F)c1Sc1nnc(C)o1. The molecule has 0 atom stereocenters. The number of rotatable bonds is 7. The molecule has 7 heteroatoms. The van der Waals surface area contributed by atoms with Crippen molar-refractivity contribution in [1.82, 2.24) is 15.5 Å². The number of nitrogens with one attached hydrogen (secondary N) is 1. The topological polar surface area (TPSA) is 60.2 Å². The van der Waals surface area contributed by atoms with Gasteiger partial charge in [0.15, 0.2) is 0 Å². The molecule has 0 saturated heterocycles. The number of methoxy groups -OCH3 is 1. The van der Waals surface area contributed by atoms with Gasteiger partial charge in [-0.15, -0.1) is 10.2 Å². The number of benzene rings is 1. The van der Waals surface area contributed by atoms with Crippen LogP contribution >= 0.6 is 11.8 Å². The molecule has 0 fully saturated rings. The van der Waals surface area contributed by atoms with Crippen LogP contribution in [-0.4, -0.2) is 30.5 Å². The highest BCUT2D eigenvalue weighted by Crippen LogP contribution is 2.31. The summed E-state index contributed by atoms with van der Waals surface area (Å²) in [5.41, 5.74) is 0.849. The molecule has 1 aromatic carbocycles. The summed E-state index contributed by atoms with van der Waals surface area (Å²) in [5.74, 6) is 0.167. The lowest BCUT2D eigenvalue weighted by atomic mass is 10.2. The van der Waals surface area contributed by atoms with Crippen LogP contribution in [0.15, 0.2) is 32.7 Å². The maximum atomic E-state index is 14.0. The monoisotopic (exact) mass is 297 g/mol.